The van der Waals surface area contributed by atoms with Crippen molar-refractivity contribution < 1.29 is 19.4 Å². The minimum absolute atomic E-state index is 0.285. The lowest BCUT2D eigenvalue weighted by molar-refractivity contribution is -0.147. The fraction of sp³-hybridized carbons (Fsp3) is 0.900. The summed E-state index contributed by atoms with van der Waals surface area (Å²) in [6.07, 6.45) is 0.970. The number of hydrogen-bond donors (Lipinski definition) is 2. The predicted molar refractivity (Wildman–Crippen MR) is 54.5 cm³/mol. The van der Waals surface area contributed by atoms with E-state index < -0.39 is 6.10 Å². The van der Waals surface area contributed by atoms with Crippen molar-refractivity contribution in [2.24, 2.45) is 0 Å². The normalized spacial score (nSPS) is 25.5. The lowest BCUT2D eigenvalue weighted by atomic mass is 10.2. The standard InChI is InChI=1S/C10H19NO4/c1-2-3-14-4-5-15-10(13)9-6-8(12)7-11-9/h8-9,11-12H,2-7H2,1H3/t8-,9+/m1/s1. The molecule has 1 aliphatic rings. The van der Waals surface area contributed by atoms with E-state index in [0.29, 0.717) is 26.2 Å². The first-order valence-electron chi connectivity index (χ1n) is 5.40. The van der Waals surface area contributed by atoms with E-state index in [0.717, 1.165) is 6.42 Å². The number of ether oxygens (including phenoxy) is 2. The summed E-state index contributed by atoms with van der Waals surface area (Å²) in [5.41, 5.74) is 0. The Labute approximate surface area is 89.8 Å². The summed E-state index contributed by atoms with van der Waals surface area (Å²) < 4.78 is 10.2. The van der Waals surface area contributed by atoms with E-state index in [1.807, 2.05) is 6.92 Å². The van der Waals surface area contributed by atoms with Gasteiger partial charge in [0.1, 0.15) is 12.6 Å². The zero-order valence-corrected chi connectivity index (χ0v) is 9.07. The van der Waals surface area contributed by atoms with Crippen LogP contribution in [-0.2, 0) is 14.3 Å². The van der Waals surface area contributed by atoms with Crippen LogP contribution in [0, 0.1) is 0 Å². The molecule has 0 amide bonds. The number of carbonyl (C=O) groups excluding carboxylic acids is 1. The van der Waals surface area contributed by atoms with Gasteiger partial charge in [0.15, 0.2) is 0 Å². The maximum atomic E-state index is 11.4. The number of β-amino-alcohol motifs (C(OH)–C–C–N with tert-alkyl or cyclic N) is 1. The van der Waals surface area contributed by atoms with E-state index in [4.69, 9.17) is 9.47 Å². The highest BCUT2D eigenvalue weighted by atomic mass is 16.6. The fourth-order valence-corrected chi connectivity index (χ4v) is 1.44. The number of esters is 1. The van der Waals surface area contributed by atoms with E-state index in [-0.39, 0.29) is 18.6 Å². The highest BCUT2D eigenvalue weighted by molar-refractivity contribution is 5.76. The van der Waals surface area contributed by atoms with Crippen LogP contribution in [0.3, 0.4) is 0 Å². The van der Waals surface area contributed by atoms with E-state index in [2.05, 4.69) is 5.32 Å². The zero-order chi connectivity index (χ0) is 11.1. The molecule has 0 aromatic rings. The van der Waals surface area contributed by atoms with Gasteiger partial charge in [-0.05, 0) is 6.42 Å². The van der Waals surface area contributed by atoms with Crippen LogP contribution in [0.4, 0.5) is 0 Å². The second-order valence-electron chi connectivity index (χ2n) is 3.63. The number of rotatable bonds is 6. The highest BCUT2D eigenvalue weighted by Crippen LogP contribution is 2.07. The molecule has 0 aliphatic carbocycles. The van der Waals surface area contributed by atoms with Crippen LogP contribution in [0.2, 0.25) is 0 Å². The zero-order valence-electron chi connectivity index (χ0n) is 9.07. The quantitative estimate of drug-likeness (QED) is 0.471. The average Bonchev–Trinajstić information content (AvgIpc) is 2.64. The third-order valence-corrected chi connectivity index (χ3v) is 2.21. The van der Waals surface area contributed by atoms with Crippen molar-refractivity contribution in [2.45, 2.75) is 31.9 Å². The molecule has 0 saturated carbocycles. The van der Waals surface area contributed by atoms with Crippen LogP contribution in [0.5, 0.6) is 0 Å². The SMILES string of the molecule is CCCOCCOC(=O)[C@@H]1C[C@@H](O)CN1. The van der Waals surface area contributed by atoms with Crippen molar-refractivity contribution in [3.63, 3.8) is 0 Å². The van der Waals surface area contributed by atoms with Crippen molar-refractivity contribution in [1.29, 1.82) is 0 Å². The van der Waals surface area contributed by atoms with Gasteiger partial charge in [-0.15, -0.1) is 0 Å². The smallest absolute Gasteiger partial charge is 0.323 e. The molecule has 2 atom stereocenters. The molecule has 0 bridgehead atoms. The molecule has 0 aromatic carbocycles. The van der Waals surface area contributed by atoms with Crippen LogP contribution in [0.25, 0.3) is 0 Å². The molecule has 1 rings (SSSR count). The molecule has 5 heteroatoms. The van der Waals surface area contributed by atoms with Crippen LogP contribution in [0.15, 0.2) is 0 Å². The Morgan fingerprint density at radius 2 is 2.27 bits per heavy atom. The minimum Gasteiger partial charge on any atom is -0.462 e. The van der Waals surface area contributed by atoms with Gasteiger partial charge in [0.25, 0.3) is 0 Å². The molecule has 0 spiro atoms. The van der Waals surface area contributed by atoms with E-state index in [1.54, 1.807) is 0 Å². The van der Waals surface area contributed by atoms with Crippen molar-refractivity contribution in [1.82, 2.24) is 5.32 Å². The molecule has 1 saturated heterocycles. The average molecular weight is 217 g/mol. The Balaban J connectivity index is 2.03. The number of aliphatic hydroxyl groups is 1. The van der Waals surface area contributed by atoms with E-state index >= 15 is 0 Å². The number of aliphatic hydroxyl groups excluding tert-OH is 1. The summed E-state index contributed by atoms with van der Waals surface area (Å²) in [7, 11) is 0. The second-order valence-corrected chi connectivity index (χ2v) is 3.63. The molecule has 1 fully saturated rings. The first-order chi connectivity index (χ1) is 7.24. The molecule has 88 valence electrons. The Morgan fingerprint density at radius 1 is 1.47 bits per heavy atom. The molecule has 5 nitrogen and oxygen atoms in total. The molecule has 2 N–H and O–H groups in total. The lowest BCUT2D eigenvalue weighted by Crippen LogP contribution is -2.33. The van der Waals surface area contributed by atoms with Gasteiger partial charge in [0.05, 0.1) is 12.7 Å². The number of nitrogens with one attached hydrogen (secondary N) is 1. The Hall–Kier alpha value is -0.650. The van der Waals surface area contributed by atoms with Crippen molar-refractivity contribution in [3.05, 3.63) is 0 Å². The molecule has 15 heavy (non-hydrogen) atoms. The second kappa shape index (κ2) is 6.76. The molecule has 0 unspecified atom stereocenters. The lowest BCUT2D eigenvalue weighted by Gasteiger charge is -2.10. The van der Waals surface area contributed by atoms with Crippen molar-refractivity contribution in [3.8, 4) is 0 Å². The maximum absolute atomic E-state index is 11.4. The monoisotopic (exact) mass is 217 g/mol. The topological polar surface area (TPSA) is 67.8 Å². The third kappa shape index (κ3) is 4.59. The molecular formula is C10H19NO4. The molecule has 0 radical (unpaired) electrons. The van der Waals surface area contributed by atoms with Gasteiger partial charge in [-0.2, -0.15) is 0 Å². The summed E-state index contributed by atoms with van der Waals surface area (Å²) in [5.74, 6) is -0.299. The molecule has 0 aromatic heterocycles. The van der Waals surface area contributed by atoms with Gasteiger partial charge >= 0.3 is 5.97 Å². The van der Waals surface area contributed by atoms with E-state index in [9.17, 15) is 9.90 Å². The summed E-state index contributed by atoms with van der Waals surface area (Å²) in [5, 5.41) is 12.1. The first kappa shape index (κ1) is 12.4. The molecular weight excluding hydrogens is 198 g/mol. The first-order valence-corrected chi connectivity index (χ1v) is 5.40. The Kier molecular flexibility index (Phi) is 5.60. The van der Waals surface area contributed by atoms with Crippen LogP contribution < -0.4 is 5.32 Å². The third-order valence-electron chi connectivity index (χ3n) is 2.21. The van der Waals surface area contributed by atoms with Gasteiger partial charge in [-0.1, -0.05) is 6.92 Å². The van der Waals surface area contributed by atoms with Crippen LogP contribution in [0.1, 0.15) is 19.8 Å². The minimum atomic E-state index is -0.432. The van der Waals surface area contributed by atoms with E-state index in [1.165, 1.54) is 0 Å². The van der Waals surface area contributed by atoms with Gasteiger partial charge < -0.3 is 19.9 Å². The Morgan fingerprint density at radius 3 is 2.87 bits per heavy atom. The molecule has 1 heterocycles. The number of hydrogen-bond acceptors (Lipinski definition) is 5. The maximum Gasteiger partial charge on any atom is 0.323 e. The van der Waals surface area contributed by atoms with Gasteiger partial charge in [-0.3, -0.25) is 4.79 Å². The van der Waals surface area contributed by atoms with Crippen molar-refractivity contribution in [2.75, 3.05) is 26.4 Å². The van der Waals surface area contributed by atoms with Crippen LogP contribution in [-0.4, -0.2) is 49.6 Å². The van der Waals surface area contributed by atoms with Gasteiger partial charge in [-0.25, -0.2) is 0 Å². The van der Waals surface area contributed by atoms with Crippen LogP contribution >= 0.6 is 0 Å². The highest BCUT2D eigenvalue weighted by Gasteiger charge is 2.28. The van der Waals surface area contributed by atoms with Gasteiger partial charge in [0, 0.05) is 19.6 Å². The van der Waals surface area contributed by atoms with Gasteiger partial charge in [0.2, 0.25) is 0 Å². The summed E-state index contributed by atoms with van der Waals surface area (Å²) in [6, 6.07) is -0.355. The predicted octanol–water partition coefficient (Wildman–Crippen LogP) is -0.321. The summed E-state index contributed by atoms with van der Waals surface area (Å²) >= 11 is 0. The van der Waals surface area contributed by atoms with Crippen molar-refractivity contribution >= 4 is 5.97 Å². The fourth-order valence-electron chi connectivity index (χ4n) is 1.44. The largest absolute Gasteiger partial charge is 0.462 e. The summed E-state index contributed by atoms with van der Waals surface area (Å²) in [4.78, 5) is 11.4. The number of carbonyl (C=O) groups is 1. The molecule has 1 aliphatic heterocycles. The Bertz CT molecular complexity index is 198. The summed E-state index contributed by atoms with van der Waals surface area (Å²) in [6.45, 7) is 3.90.